The summed E-state index contributed by atoms with van der Waals surface area (Å²) in [5.41, 5.74) is 9.51. The summed E-state index contributed by atoms with van der Waals surface area (Å²) in [4.78, 5) is 13.0. The largest absolute Gasteiger partial charge is 0.338 e. The van der Waals surface area contributed by atoms with Crippen LogP contribution in [0.2, 0.25) is 0 Å². The van der Waals surface area contributed by atoms with Crippen molar-refractivity contribution in [2.75, 3.05) is 17.2 Å². The third-order valence-corrected chi connectivity index (χ3v) is 5.06. The van der Waals surface area contributed by atoms with E-state index in [9.17, 15) is 4.79 Å². The first-order valence-corrected chi connectivity index (χ1v) is 9.99. The highest BCUT2D eigenvalue weighted by Crippen LogP contribution is 2.28. The van der Waals surface area contributed by atoms with Crippen LogP contribution in [0.1, 0.15) is 23.5 Å². The van der Waals surface area contributed by atoms with E-state index < -0.39 is 0 Å². The first-order chi connectivity index (χ1) is 15.2. The molecule has 0 aliphatic carbocycles. The quantitative estimate of drug-likeness (QED) is 0.363. The van der Waals surface area contributed by atoms with Crippen molar-refractivity contribution in [2.24, 2.45) is 5.73 Å². The Labute approximate surface area is 179 Å². The molecule has 5 N–H and O–H groups in total. The molecule has 0 aliphatic heterocycles. The summed E-state index contributed by atoms with van der Waals surface area (Å²) < 4.78 is 0. The summed E-state index contributed by atoms with van der Waals surface area (Å²) in [6, 6.07) is 24.5. The van der Waals surface area contributed by atoms with Gasteiger partial charge in [-0.1, -0.05) is 36.4 Å². The molecule has 4 rings (SSSR count). The lowest BCUT2D eigenvalue weighted by Gasteiger charge is -2.16. The van der Waals surface area contributed by atoms with E-state index in [1.807, 2.05) is 60.7 Å². The zero-order chi connectivity index (χ0) is 21.6. The molecule has 31 heavy (non-hydrogen) atoms. The minimum atomic E-state index is -0.322. The van der Waals surface area contributed by atoms with Gasteiger partial charge in [0, 0.05) is 16.8 Å². The fourth-order valence-corrected chi connectivity index (χ4v) is 3.52. The first-order valence-electron chi connectivity index (χ1n) is 9.99. The molecule has 0 saturated carbocycles. The zero-order valence-corrected chi connectivity index (χ0v) is 16.8. The second-order valence-corrected chi connectivity index (χ2v) is 7.18. The van der Waals surface area contributed by atoms with Gasteiger partial charge < -0.3 is 16.4 Å². The number of carbonyl (C=O) groups excluding carboxylic acids is 1. The van der Waals surface area contributed by atoms with E-state index >= 15 is 0 Å². The molecule has 0 unspecified atom stereocenters. The Morgan fingerprint density at radius 1 is 1.06 bits per heavy atom. The molecule has 0 saturated heterocycles. The molecule has 7 nitrogen and oxygen atoms in total. The summed E-state index contributed by atoms with van der Waals surface area (Å²) in [5, 5.41) is 23.5. The number of hydrogen-bond acceptors (Lipinski definition) is 5. The Hall–Kier alpha value is -4.15. The molecule has 1 heterocycles. The van der Waals surface area contributed by atoms with Crippen molar-refractivity contribution >= 4 is 34.0 Å². The van der Waals surface area contributed by atoms with Crippen LogP contribution in [0.3, 0.4) is 0 Å². The average Bonchev–Trinajstić information content (AvgIpc) is 3.20. The van der Waals surface area contributed by atoms with Gasteiger partial charge in [0.05, 0.1) is 23.1 Å². The van der Waals surface area contributed by atoms with Crippen molar-refractivity contribution in [2.45, 2.75) is 12.3 Å². The number of H-pyrrole nitrogens is 1. The van der Waals surface area contributed by atoms with Crippen molar-refractivity contribution in [1.29, 1.82) is 5.26 Å². The molecule has 0 aliphatic rings. The average molecular weight is 410 g/mol. The maximum atomic E-state index is 13.0. The van der Waals surface area contributed by atoms with Gasteiger partial charge in [-0.2, -0.15) is 10.4 Å². The molecule has 7 heteroatoms. The monoisotopic (exact) mass is 410 g/mol. The van der Waals surface area contributed by atoms with Crippen LogP contribution in [0, 0.1) is 11.3 Å². The predicted octanol–water partition coefficient (Wildman–Crippen LogP) is 4.25. The number of nitrogens with zero attached hydrogens (tertiary/aromatic N) is 2. The lowest BCUT2D eigenvalue weighted by Crippen LogP contribution is -2.23. The maximum Gasteiger partial charge on any atom is 0.231 e. The Bertz CT molecular complexity index is 1240. The maximum absolute atomic E-state index is 13.0. The van der Waals surface area contributed by atoms with E-state index in [4.69, 9.17) is 11.0 Å². The lowest BCUT2D eigenvalue weighted by atomic mass is 9.94. The smallest absolute Gasteiger partial charge is 0.231 e. The van der Waals surface area contributed by atoms with E-state index in [-0.39, 0.29) is 11.8 Å². The number of amides is 1. The predicted molar refractivity (Wildman–Crippen MR) is 122 cm³/mol. The number of carbonyl (C=O) groups is 1. The summed E-state index contributed by atoms with van der Waals surface area (Å²) in [6.07, 6.45) is 0.561. The molecule has 4 aromatic rings. The van der Waals surface area contributed by atoms with Gasteiger partial charge in [-0.3, -0.25) is 9.89 Å². The van der Waals surface area contributed by atoms with E-state index in [0.717, 1.165) is 22.2 Å². The minimum Gasteiger partial charge on any atom is -0.338 e. The number of fused-ring (bicyclic) bond motifs is 1. The van der Waals surface area contributed by atoms with Crippen LogP contribution in [0.5, 0.6) is 0 Å². The fraction of sp³-hybridized carbons (Fsp3) is 0.125. The van der Waals surface area contributed by atoms with Gasteiger partial charge in [0.15, 0.2) is 5.82 Å². The first kappa shape index (κ1) is 20.1. The molecule has 1 aromatic heterocycles. The SMILES string of the molecule is N#Cc1cccc(Nc2n[nH]c3ccc(NC(=O)[C@@H](CCN)c4ccccc4)cc23)c1. The van der Waals surface area contributed by atoms with Gasteiger partial charge >= 0.3 is 0 Å². The van der Waals surface area contributed by atoms with E-state index in [1.165, 1.54) is 0 Å². The Morgan fingerprint density at radius 2 is 1.90 bits per heavy atom. The van der Waals surface area contributed by atoms with Crippen LogP contribution in [0.4, 0.5) is 17.2 Å². The molecule has 3 aromatic carbocycles. The number of nitrogens with one attached hydrogen (secondary N) is 3. The fourth-order valence-electron chi connectivity index (χ4n) is 3.52. The van der Waals surface area contributed by atoms with Crippen molar-refractivity contribution in [3.8, 4) is 6.07 Å². The lowest BCUT2D eigenvalue weighted by molar-refractivity contribution is -0.117. The van der Waals surface area contributed by atoms with Crippen molar-refractivity contribution < 1.29 is 4.79 Å². The molecular formula is C24H22N6O. The van der Waals surface area contributed by atoms with E-state index in [1.54, 1.807) is 12.1 Å². The zero-order valence-electron chi connectivity index (χ0n) is 16.8. The molecule has 0 radical (unpaired) electrons. The second-order valence-electron chi connectivity index (χ2n) is 7.18. The van der Waals surface area contributed by atoms with E-state index in [2.05, 4.69) is 26.9 Å². The highest BCUT2D eigenvalue weighted by molar-refractivity contribution is 6.00. The van der Waals surface area contributed by atoms with Crippen LogP contribution in [0.15, 0.2) is 72.8 Å². The molecule has 1 amide bonds. The second kappa shape index (κ2) is 9.11. The molecule has 1 atom stereocenters. The van der Waals surface area contributed by atoms with Gasteiger partial charge in [-0.25, -0.2) is 0 Å². The normalized spacial score (nSPS) is 11.6. The Balaban J connectivity index is 1.58. The topological polar surface area (TPSA) is 120 Å². The Kier molecular flexibility index (Phi) is 5.92. The highest BCUT2D eigenvalue weighted by atomic mass is 16.1. The van der Waals surface area contributed by atoms with Gasteiger partial charge in [-0.05, 0) is 54.9 Å². The van der Waals surface area contributed by atoms with Crippen LogP contribution >= 0.6 is 0 Å². The molecule has 154 valence electrons. The number of nitrogens with two attached hydrogens (primary N) is 1. The number of anilines is 3. The summed E-state index contributed by atoms with van der Waals surface area (Å²) in [5.74, 6) is 0.191. The van der Waals surface area contributed by atoms with Crippen LogP contribution in [-0.2, 0) is 4.79 Å². The third kappa shape index (κ3) is 4.55. The number of rotatable bonds is 7. The summed E-state index contributed by atoms with van der Waals surface area (Å²) in [6.45, 7) is 0.420. The number of benzene rings is 3. The van der Waals surface area contributed by atoms with Crippen LogP contribution in [-0.4, -0.2) is 22.6 Å². The van der Waals surface area contributed by atoms with Crippen molar-refractivity contribution in [1.82, 2.24) is 10.2 Å². The van der Waals surface area contributed by atoms with E-state index in [0.29, 0.717) is 30.0 Å². The molecule has 0 fully saturated rings. The van der Waals surface area contributed by atoms with Crippen LogP contribution in [0.25, 0.3) is 10.9 Å². The van der Waals surface area contributed by atoms with Gasteiger partial charge in [0.25, 0.3) is 0 Å². The number of hydrogen-bond donors (Lipinski definition) is 4. The Morgan fingerprint density at radius 3 is 2.68 bits per heavy atom. The van der Waals surface area contributed by atoms with Gasteiger partial charge in [-0.15, -0.1) is 0 Å². The van der Waals surface area contributed by atoms with Crippen molar-refractivity contribution in [3.05, 3.63) is 83.9 Å². The number of nitriles is 1. The van der Waals surface area contributed by atoms with Crippen molar-refractivity contribution in [3.63, 3.8) is 0 Å². The standard InChI is InChI=1S/C24H22N6O/c25-12-11-20(17-6-2-1-3-7-17)24(31)28-19-9-10-22-21(14-19)23(30-29-22)27-18-8-4-5-16(13-18)15-26/h1-10,13-14,20H,11-12,25H2,(H,28,31)(H2,27,29,30)/t20-/m0/s1. The molecule has 0 bridgehead atoms. The number of aromatic amines is 1. The third-order valence-electron chi connectivity index (χ3n) is 5.06. The molecule has 0 spiro atoms. The van der Waals surface area contributed by atoms with Gasteiger partial charge in [0.1, 0.15) is 0 Å². The molecular weight excluding hydrogens is 388 g/mol. The highest BCUT2D eigenvalue weighted by Gasteiger charge is 2.20. The summed E-state index contributed by atoms with van der Waals surface area (Å²) in [7, 11) is 0. The summed E-state index contributed by atoms with van der Waals surface area (Å²) >= 11 is 0. The minimum absolute atomic E-state index is 0.101. The van der Waals surface area contributed by atoms with Gasteiger partial charge in [0.2, 0.25) is 5.91 Å². The van der Waals surface area contributed by atoms with Crippen LogP contribution < -0.4 is 16.4 Å². The number of aromatic nitrogens is 2.